The maximum absolute atomic E-state index is 10.1. The van der Waals surface area contributed by atoms with Crippen LogP contribution in [-0.2, 0) is 13.1 Å². The zero-order chi connectivity index (χ0) is 21.3. The lowest BCUT2D eigenvalue weighted by atomic mass is 10.0. The first-order valence-electron chi connectivity index (χ1n) is 10.8. The number of benzene rings is 2. The smallest absolute Gasteiger partial charge is 0.191 e. The van der Waals surface area contributed by atoms with Crippen molar-refractivity contribution in [3.05, 3.63) is 59.2 Å². The second-order valence-corrected chi connectivity index (χ2v) is 7.87. The largest absolute Gasteiger partial charge is 0.508 e. The van der Waals surface area contributed by atoms with E-state index in [0.29, 0.717) is 12.6 Å². The van der Waals surface area contributed by atoms with Crippen LogP contribution < -0.4 is 15.4 Å². The average molecular weight is 538 g/mol. The van der Waals surface area contributed by atoms with Crippen molar-refractivity contribution in [3.8, 4) is 11.5 Å². The van der Waals surface area contributed by atoms with Gasteiger partial charge >= 0.3 is 0 Å². The molecule has 2 aromatic carbocycles. The van der Waals surface area contributed by atoms with Gasteiger partial charge < -0.3 is 20.5 Å². The fourth-order valence-corrected chi connectivity index (χ4v) is 3.80. The number of ether oxygens (including phenoxy) is 1. The number of hydrogen-bond acceptors (Lipinski definition) is 4. The fourth-order valence-electron chi connectivity index (χ4n) is 3.80. The average Bonchev–Trinajstić information content (AvgIpc) is 2.74. The normalized spacial score (nSPS) is 15.3. The molecule has 0 aromatic heterocycles. The minimum absolute atomic E-state index is 0. The maximum atomic E-state index is 10.1. The number of nitrogens with zero attached hydrogens (tertiary/aromatic N) is 2. The third-order valence-corrected chi connectivity index (χ3v) is 5.46. The van der Waals surface area contributed by atoms with Crippen LogP contribution in [0.3, 0.4) is 0 Å². The minimum Gasteiger partial charge on any atom is -0.508 e. The van der Waals surface area contributed by atoms with Gasteiger partial charge in [-0.15, -0.1) is 24.0 Å². The number of halogens is 1. The highest BCUT2D eigenvalue weighted by atomic mass is 127. The Balaban J connectivity index is 0.00000341. The first-order chi connectivity index (χ1) is 14.6. The van der Waals surface area contributed by atoms with Gasteiger partial charge in [-0.1, -0.05) is 29.8 Å². The van der Waals surface area contributed by atoms with Crippen LogP contribution in [0.1, 0.15) is 36.5 Å². The molecule has 2 aromatic rings. The van der Waals surface area contributed by atoms with Crippen LogP contribution in [0.15, 0.2) is 47.5 Å². The van der Waals surface area contributed by atoms with Gasteiger partial charge in [-0.3, -0.25) is 4.90 Å². The quantitative estimate of drug-likeness (QED) is 0.282. The number of nitrogens with one attached hydrogen (secondary N) is 2. The molecule has 0 atom stereocenters. The van der Waals surface area contributed by atoms with Gasteiger partial charge in [-0.05, 0) is 50.5 Å². The summed E-state index contributed by atoms with van der Waals surface area (Å²) in [6, 6.07) is 14.4. The number of piperidine rings is 1. The summed E-state index contributed by atoms with van der Waals surface area (Å²) in [6.45, 7) is 8.55. The molecule has 3 N–H and O–H groups in total. The van der Waals surface area contributed by atoms with Gasteiger partial charge in [0, 0.05) is 37.8 Å². The molecule has 1 aliphatic heterocycles. The molecule has 0 aliphatic carbocycles. The standard InChI is InChI=1S/C24H34N4O2.HI/c1-4-25-24(26-16-20-15-22(30-3)8-9-23(20)29)27-21-10-12-28(13-11-21)17-19-7-5-6-18(2)14-19;/h5-9,14-15,21,29H,4,10-13,16-17H2,1-3H3,(H2,25,26,27);1H. The number of guanidine groups is 1. The van der Waals surface area contributed by atoms with E-state index in [1.54, 1.807) is 19.2 Å². The van der Waals surface area contributed by atoms with Gasteiger partial charge in [0.2, 0.25) is 0 Å². The maximum Gasteiger partial charge on any atom is 0.191 e. The van der Waals surface area contributed by atoms with Crippen molar-refractivity contribution in [1.82, 2.24) is 15.5 Å². The second-order valence-electron chi connectivity index (χ2n) is 7.87. The summed E-state index contributed by atoms with van der Waals surface area (Å²) in [5.41, 5.74) is 3.45. The molecule has 0 saturated carbocycles. The van der Waals surface area contributed by atoms with E-state index in [1.165, 1.54) is 11.1 Å². The van der Waals surface area contributed by atoms with E-state index in [9.17, 15) is 5.11 Å². The number of likely N-dealkylation sites (tertiary alicyclic amines) is 1. The number of rotatable bonds is 7. The number of phenolic OH excluding ortho intramolecular Hbond substituents is 1. The molecule has 0 radical (unpaired) electrons. The number of hydrogen-bond donors (Lipinski definition) is 3. The Labute approximate surface area is 203 Å². The Bertz CT molecular complexity index is 851. The summed E-state index contributed by atoms with van der Waals surface area (Å²) in [6.07, 6.45) is 2.17. The van der Waals surface area contributed by atoms with Gasteiger partial charge in [-0.25, -0.2) is 4.99 Å². The summed E-state index contributed by atoms with van der Waals surface area (Å²) < 4.78 is 5.25. The van der Waals surface area contributed by atoms with Crippen molar-refractivity contribution >= 4 is 29.9 Å². The van der Waals surface area contributed by atoms with Crippen LogP contribution in [0.5, 0.6) is 11.5 Å². The van der Waals surface area contributed by atoms with E-state index in [1.807, 2.05) is 6.07 Å². The molecular weight excluding hydrogens is 503 g/mol. The van der Waals surface area contributed by atoms with Crippen molar-refractivity contribution in [2.24, 2.45) is 4.99 Å². The van der Waals surface area contributed by atoms with Crippen LogP contribution in [-0.4, -0.2) is 48.8 Å². The second kappa shape index (κ2) is 12.8. The lowest BCUT2D eigenvalue weighted by Crippen LogP contribution is -2.48. The van der Waals surface area contributed by atoms with E-state index < -0.39 is 0 Å². The van der Waals surface area contributed by atoms with E-state index in [-0.39, 0.29) is 29.7 Å². The summed E-state index contributed by atoms with van der Waals surface area (Å²) >= 11 is 0. The minimum atomic E-state index is 0. The molecule has 170 valence electrons. The predicted molar refractivity (Wildman–Crippen MR) is 138 cm³/mol. The van der Waals surface area contributed by atoms with Crippen molar-refractivity contribution in [3.63, 3.8) is 0 Å². The van der Waals surface area contributed by atoms with Crippen molar-refractivity contribution in [2.45, 2.75) is 45.8 Å². The van der Waals surface area contributed by atoms with Crippen LogP contribution in [0.2, 0.25) is 0 Å². The van der Waals surface area contributed by atoms with E-state index in [2.05, 4.69) is 58.6 Å². The topological polar surface area (TPSA) is 69.1 Å². The van der Waals surface area contributed by atoms with Gasteiger partial charge in [0.25, 0.3) is 0 Å². The summed E-state index contributed by atoms with van der Waals surface area (Å²) in [5.74, 6) is 1.74. The molecule has 1 fully saturated rings. The molecular formula is C24H35IN4O2. The first kappa shape index (κ1) is 25.3. The zero-order valence-electron chi connectivity index (χ0n) is 18.7. The Morgan fingerprint density at radius 2 is 1.97 bits per heavy atom. The van der Waals surface area contributed by atoms with Gasteiger partial charge in [-0.2, -0.15) is 0 Å². The van der Waals surface area contributed by atoms with Crippen LogP contribution in [0.4, 0.5) is 0 Å². The number of phenols is 1. The lowest BCUT2D eigenvalue weighted by molar-refractivity contribution is 0.198. The molecule has 0 unspecified atom stereocenters. The molecule has 1 aliphatic rings. The number of aryl methyl sites for hydroxylation is 1. The number of aromatic hydroxyl groups is 1. The summed E-state index contributed by atoms with van der Waals surface area (Å²) in [4.78, 5) is 7.19. The van der Waals surface area contributed by atoms with Crippen LogP contribution >= 0.6 is 24.0 Å². The number of aliphatic imine (C=N–C) groups is 1. The highest BCUT2D eigenvalue weighted by Crippen LogP contribution is 2.23. The molecule has 3 rings (SSSR count). The first-order valence-corrected chi connectivity index (χ1v) is 10.8. The highest BCUT2D eigenvalue weighted by Gasteiger charge is 2.20. The van der Waals surface area contributed by atoms with Crippen molar-refractivity contribution < 1.29 is 9.84 Å². The van der Waals surface area contributed by atoms with Gasteiger partial charge in [0.05, 0.1) is 13.7 Å². The van der Waals surface area contributed by atoms with Gasteiger partial charge in [0.1, 0.15) is 11.5 Å². The van der Waals surface area contributed by atoms with Crippen molar-refractivity contribution in [1.29, 1.82) is 0 Å². The monoisotopic (exact) mass is 538 g/mol. The van der Waals surface area contributed by atoms with Gasteiger partial charge in [0.15, 0.2) is 5.96 Å². The Hall–Kier alpha value is -2.00. The zero-order valence-corrected chi connectivity index (χ0v) is 21.1. The van der Waals surface area contributed by atoms with E-state index >= 15 is 0 Å². The molecule has 6 nitrogen and oxygen atoms in total. The molecule has 7 heteroatoms. The predicted octanol–water partition coefficient (Wildman–Crippen LogP) is 4.05. The fraction of sp³-hybridized carbons (Fsp3) is 0.458. The Morgan fingerprint density at radius 1 is 1.19 bits per heavy atom. The molecule has 0 spiro atoms. The third kappa shape index (κ3) is 7.88. The number of methoxy groups -OCH3 is 1. The molecule has 0 amide bonds. The molecule has 31 heavy (non-hydrogen) atoms. The molecule has 0 bridgehead atoms. The Kier molecular flexibility index (Phi) is 10.4. The van der Waals surface area contributed by atoms with E-state index in [0.717, 1.165) is 56.3 Å². The lowest BCUT2D eigenvalue weighted by Gasteiger charge is -2.33. The SMILES string of the molecule is CCNC(=NCc1cc(OC)ccc1O)NC1CCN(Cc2cccc(C)c2)CC1.I. The molecule has 1 saturated heterocycles. The van der Waals surface area contributed by atoms with Crippen LogP contribution in [0, 0.1) is 6.92 Å². The Morgan fingerprint density at radius 3 is 2.65 bits per heavy atom. The van der Waals surface area contributed by atoms with Crippen LogP contribution in [0.25, 0.3) is 0 Å². The van der Waals surface area contributed by atoms with E-state index in [4.69, 9.17) is 4.74 Å². The van der Waals surface area contributed by atoms with Crippen molar-refractivity contribution in [2.75, 3.05) is 26.7 Å². The summed E-state index contributed by atoms with van der Waals surface area (Å²) in [5, 5.41) is 17.0. The summed E-state index contributed by atoms with van der Waals surface area (Å²) in [7, 11) is 1.62. The molecule has 1 heterocycles. The third-order valence-electron chi connectivity index (χ3n) is 5.46. The highest BCUT2D eigenvalue weighted by molar-refractivity contribution is 14.0.